The van der Waals surface area contributed by atoms with Crippen molar-refractivity contribution in [1.29, 1.82) is 5.26 Å². The number of amides is 1. The number of nitrogens with one attached hydrogen (secondary N) is 1. The van der Waals surface area contributed by atoms with Crippen molar-refractivity contribution in [3.8, 4) is 11.8 Å². The summed E-state index contributed by atoms with van der Waals surface area (Å²) in [5.74, 6) is -0.177. The lowest BCUT2D eigenvalue weighted by Crippen LogP contribution is -2.48. The summed E-state index contributed by atoms with van der Waals surface area (Å²) in [7, 11) is -3.34. The predicted molar refractivity (Wildman–Crippen MR) is 176 cm³/mol. The van der Waals surface area contributed by atoms with E-state index >= 15 is 0 Å². The van der Waals surface area contributed by atoms with Crippen LogP contribution >= 0.6 is 10.8 Å². The topological polar surface area (TPSA) is 137 Å². The average Bonchev–Trinajstić information content (AvgIpc) is 3.38. The van der Waals surface area contributed by atoms with Crippen molar-refractivity contribution in [3.63, 3.8) is 0 Å². The molecule has 0 radical (unpaired) electrons. The SMILES string of the molecule is CCC1CN(Cc2cc([C@@H](c3ccc4c(nnn4CC)c3C)C(C)(C)NC(=O)CC#N)ccc2C)S(O)(O)c2ccccc2O1. The van der Waals surface area contributed by atoms with E-state index in [1.54, 1.807) is 22.5 Å². The first-order valence-electron chi connectivity index (χ1n) is 15.3. The Morgan fingerprint density at radius 3 is 2.64 bits per heavy atom. The molecule has 1 unspecified atom stereocenters. The van der Waals surface area contributed by atoms with Gasteiger partial charge in [-0.2, -0.15) is 9.57 Å². The van der Waals surface area contributed by atoms with Crippen LogP contribution in [0.5, 0.6) is 5.75 Å². The zero-order chi connectivity index (χ0) is 32.5. The van der Waals surface area contributed by atoms with Crippen LogP contribution in [0, 0.1) is 25.2 Å². The smallest absolute Gasteiger partial charge is 0.234 e. The van der Waals surface area contributed by atoms with Crippen molar-refractivity contribution in [1.82, 2.24) is 24.6 Å². The van der Waals surface area contributed by atoms with E-state index in [0.29, 0.717) is 30.2 Å². The van der Waals surface area contributed by atoms with E-state index in [1.807, 2.05) is 70.5 Å². The molecule has 45 heavy (non-hydrogen) atoms. The Balaban J connectivity index is 1.61. The number of hydrogen-bond donors (Lipinski definition) is 3. The second-order valence-electron chi connectivity index (χ2n) is 12.2. The molecule has 3 aromatic carbocycles. The van der Waals surface area contributed by atoms with Gasteiger partial charge < -0.3 is 10.1 Å². The molecule has 10 nitrogen and oxygen atoms in total. The van der Waals surface area contributed by atoms with E-state index in [2.05, 4.69) is 33.8 Å². The molecule has 1 aliphatic heterocycles. The number of nitrogens with zero attached hydrogens (tertiary/aromatic N) is 5. The van der Waals surface area contributed by atoms with E-state index in [4.69, 9.17) is 4.74 Å². The largest absolute Gasteiger partial charge is 0.487 e. The normalized spacial score (nSPS) is 17.9. The molecule has 0 spiro atoms. The molecule has 3 N–H and O–H groups in total. The number of carbonyl (C=O) groups excluding carboxylic acids is 1. The van der Waals surface area contributed by atoms with Gasteiger partial charge in [-0.1, -0.05) is 48.5 Å². The van der Waals surface area contributed by atoms with Gasteiger partial charge in [0.1, 0.15) is 28.7 Å². The highest BCUT2D eigenvalue weighted by molar-refractivity contribution is 8.22. The third kappa shape index (κ3) is 6.29. The Morgan fingerprint density at radius 1 is 1.18 bits per heavy atom. The van der Waals surface area contributed by atoms with Gasteiger partial charge in [-0.25, -0.2) is 4.68 Å². The molecule has 0 saturated heterocycles. The van der Waals surface area contributed by atoms with Gasteiger partial charge in [0.05, 0.1) is 18.1 Å². The number of aromatic nitrogens is 3. The molecule has 1 aromatic heterocycles. The molecule has 1 amide bonds. The fourth-order valence-electron chi connectivity index (χ4n) is 6.32. The predicted octanol–water partition coefficient (Wildman–Crippen LogP) is 6.71. The summed E-state index contributed by atoms with van der Waals surface area (Å²) >= 11 is 0. The summed E-state index contributed by atoms with van der Waals surface area (Å²) in [4.78, 5) is 13.2. The Bertz CT molecular complexity index is 1760. The molecule has 238 valence electrons. The highest BCUT2D eigenvalue weighted by Gasteiger charge is 2.37. The van der Waals surface area contributed by atoms with E-state index < -0.39 is 16.3 Å². The third-order valence-corrected chi connectivity index (χ3v) is 10.7. The van der Waals surface area contributed by atoms with Gasteiger partial charge in [-0.05, 0) is 87.1 Å². The van der Waals surface area contributed by atoms with Crippen molar-refractivity contribution in [2.45, 2.75) is 89.9 Å². The number of ether oxygens (including phenoxy) is 1. The molecule has 0 fully saturated rings. The van der Waals surface area contributed by atoms with E-state index in [0.717, 1.165) is 38.9 Å². The molecule has 0 aliphatic carbocycles. The van der Waals surface area contributed by atoms with Crippen molar-refractivity contribution >= 4 is 27.7 Å². The molecule has 5 rings (SSSR count). The summed E-state index contributed by atoms with van der Waals surface area (Å²) in [6.45, 7) is 13.3. The molecule has 0 bridgehead atoms. The van der Waals surface area contributed by atoms with Crippen molar-refractivity contribution < 1.29 is 18.6 Å². The molecule has 0 saturated carbocycles. The highest BCUT2D eigenvalue weighted by atomic mass is 32.3. The number of fused-ring (bicyclic) bond motifs is 2. The van der Waals surface area contributed by atoms with E-state index in [9.17, 15) is 19.2 Å². The van der Waals surface area contributed by atoms with Gasteiger partial charge in [0.15, 0.2) is 0 Å². The first-order chi connectivity index (χ1) is 21.4. The lowest BCUT2D eigenvalue weighted by atomic mass is 9.74. The van der Waals surface area contributed by atoms with Crippen LogP contribution in [0.3, 0.4) is 0 Å². The quantitative estimate of drug-likeness (QED) is 0.186. The first-order valence-corrected chi connectivity index (χ1v) is 16.8. The Morgan fingerprint density at radius 2 is 1.93 bits per heavy atom. The molecule has 4 aromatic rings. The number of hydrogen-bond acceptors (Lipinski definition) is 8. The van der Waals surface area contributed by atoms with Crippen molar-refractivity contribution in [3.05, 3.63) is 82.4 Å². The third-order valence-electron chi connectivity index (χ3n) is 8.73. The Hall–Kier alpha value is -3.95. The maximum atomic E-state index is 12.8. The molecule has 11 heteroatoms. The molecular formula is C34H42N6O4S. The number of rotatable bonds is 9. The number of carbonyl (C=O) groups is 1. The summed E-state index contributed by atoms with van der Waals surface area (Å²) in [6, 6.07) is 19.4. The van der Waals surface area contributed by atoms with Gasteiger partial charge in [-0.15, -0.1) is 15.9 Å². The summed E-state index contributed by atoms with van der Waals surface area (Å²) in [5.41, 5.74) is 5.76. The Kier molecular flexibility index (Phi) is 9.23. The van der Waals surface area contributed by atoms with Crippen LogP contribution in [0.15, 0.2) is 59.5 Å². The fraction of sp³-hybridized carbons (Fsp3) is 0.412. The van der Waals surface area contributed by atoms with Crippen LogP contribution in [-0.2, 0) is 17.9 Å². The van der Waals surface area contributed by atoms with Gasteiger partial charge in [0, 0.05) is 24.5 Å². The summed E-state index contributed by atoms with van der Waals surface area (Å²) < 4.78 is 33.0. The highest BCUT2D eigenvalue weighted by Crippen LogP contribution is 2.57. The van der Waals surface area contributed by atoms with E-state index in [-0.39, 0.29) is 30.9 Å². The second kappa shape index (κ2) is 12.8. The van der Waals surface area contributed by atoms with Crippen LogP contribution < -0.4 is 10.1 Å². The lowest BCUT2D eigenvalue weighted by molar-refractivity contribution is -0.121. The number of aryl methyl sites for hydroxylation is 3. The van der Waals surface area contributed by atoms with Gasteiger partial charge in [-0.3, -0.25) is 13.9 Å². The van der Waals surface area contributed by atoms with Crippen molar-refractivity contribution in [2.75, 3.05) is 6.54 Å². The van der Waals surface area contributed by atoms with Gasteiger partial charge in [0.2, 0.25) is 5.91 Å². The minimum atomic E-state index is -3.34. The number of para-hydroxylation sites is 1. The lowest BCUT2D eigenvalue weighted by Gasteiger charge is -2.42. The van der Waals surface area contributed by atoms with Crippen LogP contribution in [0.4, 0.5) is 0 Å². The average molecular weight is 631 g/mol. The fourth-order valence-corrected chi connectivity index (χ4v) is 7.94. The van der Waals surface area contributed by atoms with Crippen LogP contribution in [0.25, 0.3) is 11.0 Å². The zero-order valence-corrected chi connectivity index (χ0v) is 27.6. The standard InChI is InChI=1S/C34H42N6O4S/c1-7-26-21-39(45(42,43)30-12-10-9-11-29(30)44-26)20-25-19-24(14-13-22(25)3)32(34(5,6)36-31(41)17-18-35)27-15-16-28-33(23(27)4)37-38-40(28)8-2/h9-16,19,26,32,42-43H,7-8,17,20-21H2,1-6H3,(H,36,41)/t26?,32-/m0/s1. The van der Waals surface area contributed by atoms with E-state index in [1.165, 1.54) is 0 Å². The first kappa shape index (κ1) is 32.4. The molecular weight excluding hydrogens is 588 g/mol. The van der Waals surface area contributed by atoms with Crippen LogP contribution in [0.1, 0.15) is 74.3 Å². The van der Waals surface area contributed by atoms with Gasteiger partial charge in [0.25, 0.3) is 0 Å². The maximum Gasteiger partial charge on any atom is 0.234 e. The minimum absolute atomic E-state index is 0.212. The molecule has 1 aliphatic rings. The van der Waals surface area contributed by atoms with Crippen LogP contribution in [0.2, 0.25) is 0 Å². The van der Waals surface area contributed by atoms with Crippen LogP contribution in [-0.4, -0.2) is 52.5 Å². The monoisotopic (exact) mass is 630 g/mol. The van der Waals surface area contributed by atoms with Crippen molar-refractivity contribution in [2.24, 2.45) is 0 Å². The molecule has 2 atom stereocenters. The number of benzene rings is 3. The minimum Gasteiger partial charge on any atom is -0.487 e. The molecule has 2 heterocycles. The second-order valence-corrected chi connectivity index (χ2v) is 14.2. The summed E-state index contributed by atoms with van der Waals surface area (Å²) in [5, 5.41) is 21.1. The number of nitriles is 1. The zero-order valence-electron chi connectivity index (χ0n) is 26.7. The van der Waals surface area contributed by atoms with Gasteiger partial charge >= 0.3 is 0 Å². The maximum absolute atomic E-state index is 12.8. The summed E-state index contributed by atoms with van der Waals surface area (Å²) in [6.07, 6.45) is 0.256. The Labute approximate surface area is 266 Å².